The van der Waals surface area contributed by atoms with Crippen molar-refractivity contribution in [3.8, 4) is 5.75 Å². The van der Waals surface area contributed by atoms with Crippen LogP contribution in [0.2, 0.25) is 5.02 Å². The zero-order chi connectivity index (χ0) is 25.9. The second-order valence-corrected chi connectivity index (χ2v) is 8.06. The number of amides is 3. The number of pyridine rings is 1. The van der Waals surface area contributed by atoms with E-state index >= 15 is 0 Å². The summed E-state index contributed by atoms with van der Waals surface area (Å²) in [6.07, 6.45) is 1.68. The molecule has 9 nitrogen and oxygen atoms in total. The summed E-state index contributed by atoms with van der Waals surface area (Å²) in [6, 6.07) is 15.9. The van der Waals surface area contributed by atoms with Crippen LogP contribution in [0.15, 0.2) is 71.9 Å². The Kier molecular flexibility index (Phi) is 9.73. The first-order valence-electron chi connectivity index (χ1n) is 10.9. The van der Waals surface area contributed by atoms with Gasteiger partial charge < -0.3 is 14.7 Å². The van der Waals surface area contributed by atoms with Crippen molar-refractivity contribution in [1.82, 2.24) is 20.1 Å². The molecule has 0 radical (unpaired) electrons. The third-order valence-electron chi connectivity index (χ3n) is 4.91. The summed E-state index contributed by atoms with van der Waals surface area (Å²) in [5.74, 6) is 0.104. The van der Waals surface area contributed by atoms with Gasteiger partial charge in [0.1, 0.15) is 18.2 Å². The molecule has 0 unspecified atom stereocenters. The van der Waals surface area contributed by atoms with E-state index in [1.165, 1.54) is 29.0 Å². The van der Waals surface area contributed by atoms with Gasteiger partial charge >= 0.3 is 6.03 Å². The fourth-order valence-corrected chi connectivity index (χ4v) is 3.07. The molecule has 0 aliphatic carbocycles. The highest BCUT2D eigenvalue weighted by molar-refractivity contribution is 6.30. The molecule has 36 heavy (non-hydrogen) atoms. The van der Waals surface area contributed by atoms with Crippen molar-refractivity contribution in [3.63, 3.8) is 0 Å². The van der Waals surface area contributed by atoms with Crippen molar-refractivity contribution in [3.05, 3.63) is 89.0 Å². The number of likely N-dealkylation sites (N-methyl/N-ethyl adjacent to an activating group) is 1. The predicted molar refractivity (Wildman–Crippen MR) is 133 cm³/mol. The van der Waals surface area contributed by atoms with Crippen molar-refractivity contribution in [1.29, 1.82) is 0 Å². The van der Waals surface area contributed by atoms with E-state index in [2.05, 4.69) is 15.3 Å². The van der Waals surface area contributed by atoms with Crippen LogP contribution in [0.1, 0.15) is 11.3 Å². The Morgan fingerprint density at radius 1 is 1.17 bits per heavy atom. The molecule has 0 saturated carbocycles. The Hall–Kier alpha value is -4.02. The van der Waals surface area contributed by atoms with Gasteiger partial charge in [0.05, 0.1) is 30.7 Å². The number of aromatic nitrogens is 1. The summed E-state index contributed by atoms with van der Waals surface area (Å²) in [4.78, 5) is 35.4. The van der Waals surface area contributed by atoms with E-state index in [0.717, 1.165) is 11.8 Å². The normalized spacial score (nSPS) is 11.1. The van der Waals surface area contributed by atoms with Crippen molar-refractivity contribution in [2.45, 2.75) is 13.2 Å². The number of guanidine groups is 1. The van der Waals surface area contributed by atoms with Gasteiger partial charge in [0.25, 0.3) is 0 Å². The van der Waals surface area contributed by atoms with Crippen LogP contribution < -0.4 is 10.1 Å². The van der Waals surface area contributed by atoms with Gasteiger partial charge in [-0.25, -0.2) is 14.2 Å². The van der Waals surface area contributed by atoms with Crippen LogP contribution in [0, 0.1) is 5.82 Å². The molecule has 0 bridgehead atoms. The van der Waals surface area contributed by atoms with E-state index in [1.54, 1.807) is 48.5 Å². The molecule has 2 aromatic carbocycles. The molecule has 11 heteroatoms. The summed E-state index contributed by atoms with van der Waals surface area (Å²) in [5, 5.41) is 12.3. The average molecular weight is 514 g/mol. The first kappa shape index (κ1) is 26.6. The number of carbonyl (C=O) groups excluding carboxylic acids is 2. The quantitative estimate of drug-likeness (QED) is 0.257. The lowest BCUT2D eigenvalue weighted by Gasteiger charge is -2.23. The van der Waals surface area contributed by atoms with E-state index in [0.29, 0.717) is 28.6 Å². The van der Waals surface area contributed by atoms with Crippen LogP contribution >= 0.6 is 11.6 Å². The molecule has 1 heterocycles. The minimum atomic E-state index is -0.544. The SMILES string of the molecule is CN(CCO)C(=O)NC(=Nc1ccc(OCc2ccc(F)cn2)cc1)N(C=O)Cc1ccc(Cl)cc1. The smallest absolute Gasteiger partial charge is 0.323 e. The molecule has 0 aliphatic rings. The molecule has 3 amide bonds. The number of carbonyl (C=O) groups is 2. The lowest BCUT2D eigenvalue weighted by atomic mass is 10.2. The number of urea groups is 1. The van der Waals surface area contributed by atoms with Gasteiger partial charge in [-0.1, -0.05) is 23.7 Å². The van der Waals surface area contributed by atoms with Gasteiger partial charge in [-0.2, -0.15) is 0 Å². The van der Waals surface area contributed by atoms with Crippen LogP contribution in [0.5, 0.6) is 5.75 Å². The molecule has 1 aromatic heterocycles. The van der Waals surface area contributed by atoms with Gasteiger partial charge in [0, 0.05) is 18.6 Å². The summed E-state index contributed by atoms with van der Waals surface area (Å²) >= 11 is 5.94. The van der Waals surface area contributed by atoms with Gasteiger partial charge in [0.15, 0.2) is 0 Å². The molecule has 0 atom stereocenters. The van der Waals surface area contributed by atoms with Crippen molar-refractivity contribution < 1.29 is 23.8 Å². The second-order valence-electron chi connectivity index (χ2n) is 7.62. The number of rotatable bonds is 9. The predicted octanol–water partition coefficient (Wildman–Crippen LogP) is 3.73. The number of hydrogen-bond donors (Lipinski definition) is 2. The molecule has 0 saturated heterocycles. The molecular formula is C25H25ClFN5O4. The summed E-state index contributed by atoms with van der Waals surface area (Å²) < 4.78 is 18.7. The van der Waals surface area contributed by atoms with Crippen LogP contribution in [-0.2, 0) is 17.9 Å². The number of aliphatic imine (C=N–C) groups is 1. The number of ether oxygens (including phenoxy) is 1. The highest BCUT2D eigenvalue weighted by Gasteiger charge is 2.17. The van der Waals surface area contributed by atoms with Gasteiger partial charge in [0.2, 0.25) is 12.4 Å². The summed E-state index contributed by atoms with van der Waals surface area (Å²) in [6.45, 7) is 0.177. The lowest BCUT2D eigenvalue weighted by Crippen LogP contribution is -2.48. The second kappa shape index (κ2) is 13.2. The number of nitrogens with zero attached hydrogens (tertiary/aromatic N) is 4. The molecular weight excluding hydrogens is 489 g/mol. The third kappa shape index (κ3) is 8.03. The Bertz CT molecular complexity index is 1170. The topological polar surface area (TPSA) is 107 Å². The summed E-state index contributed by atoms with van der Waals surface area (Å²) in [7, 11) is 1.51. The monoisotopic (exact) mass is 513 g/mol. The number of aliphatic hydroxyl groups is 1. The van der Waals surface area contributed by atoms with Crippen molar-refractivity contribution >= 4 is 35.7 Å². The maximum absolute atomic E-state index is 13.0. The van der Waals surface area contributed by atoms with E-state index in [1.807, 2.05) is 0 Å². The van der Waals surface area contributed by atoms with E-state index < -0.39 is 11.8 Å². The molecule has 0 aliphatic heterocycles. The number of aliphatic hydroxyl groups excluding tert-OH is 1. The molecule has 188 valence electrons. The van der Waals surface area contributed by atoms with Crippen LogP contribution in [0.3, 0.4) is 0 Å². The molecule has 0 fully saturated rings. The van der Waals surface area contributed by atoms with Crippen LogP contribution in [0.4, 0.5) is 14.9 Å². The molecule has 3 rings (SSSR count). The zero-order valence-electron chi connectivity index (χ0n) is 19.5. The maximum atomic E-state index is 13.0. The average Bonchev–Trinajstić information content (AvgIpc) is 2.88. The van der Waals surface area contributed by atoms with E-state index in [-0.39, 0.29) is 32.3 Å². The van der Waals surface area contributed by atoms with Crippen molar-refractivity contribution in [2.24, 2.45) is 4.99 Å². The van der Waals surface area contributed by atoms with Crippen LogP contribution in [0.25, 0.3) is 0 Å². The number of nitrogens with one attached hydrogen (secondary N) is 1. The Morgan fingerprint density at radius 3 is 2.50 bits per heavy atom. The number of hydrogen-bond acceptors (Lipinski definition) is 6. The first-order chi connectivity index (χ1) is 17.4. The fraction of sp³-hybridized carbons (Fsp3) is 0.200. The van der Waals surface area contributed by atoms with Crippen molar-refractivity contribution in [2.75, 3.05) is 20.2 Å². The minimum absolute atomic E-state index is 0.001000. The van der Waals surface area contributed by atoms with Crippen LogP contribution in [-0.4, -0.2) is 58.5 Å². The molecule has 3 aromatic rings. The number of halogens is 2. The third-order valence-corrected chi connectivity index (χ3v) is 5.17. The highest BCUT2D eigenvalue weighted by atomic mass is 35.5. The Balaban J connectivity index is 1.78. The highest BCUT2D eigenvalue weighted by Crippen LogP contribution is 2.20. The van der Waals surface area contributed by atoms with Gasteiger partial charge in [-0.15, -0.1) is 0 Å². The Labute approximate surface area is 212 Å². The van der Waals surface area contributed by atoms with Gasteiger partial charge in [-0.05, 0) is 54.1 Å². The molecule has 2 N–H and O–H groups in total. The standard InChI is InChI=1S/C25H25ClFN5O4/c1-31(12-13-33)25(35)30-24(32(17-34)15-18-2-4-19(26)5-3-18)29-21-8-10-23(11-9-21)36-16-22-7-6-20(27)14-28-22/h2-11,14,17,33H,12-13,15-16H2,1H3,(H,29,30,35). The van der Waals surface area contributed by atoms with E-state index in [9.17, 15) is 14.0 Å². The minimum Gasteiger partial charge on any atom is -0.487 e. The maximum Gasteiger partial charge on any atom is 0.323 e. The first-order valence-corrected chi connectivity index (χ1v) is 11.3. The number of benzene rings is 2. The molecule has 0 spiro atoms. The fourth-order valence-electron chi connectivity index (χ4n) is 2.94. The van der Waals surface area contributed by atoms with E-state index in [4.69, 9.17) is 21.4 Å². The summed E-state index contributed by atoms with van der Waals surface area (Å²) in [5.41, 5.74) is 1.79. The Morgan fingerprint density at radius 2 is 1.89 bits per heavy atom. The largest absolute Gasteiger partial charge is 0.487 e. The van der Waals surface area contributed by atoms with Gasteiger partial charge in [-0.3, -0.25) is 20.0 Å². The zero-order valence-corrected chi connectivity index (χ0v) is 20.2. The lowest BCUT2D eigenvalue weighted by molar-refractivity contribution is -0.115.